The second-order valence-electron chi connectivity index (χ2n) is 4.56. The molecular weight excluding hydrogens is 278 g/mol. The zero-order chi connectivity index (χ0) is 15.6. The molecule has 0 fully saturated rings. The first-order chi connectivity index (χ1) is 9.92. The quantitative estimate of drug-likeness (QED) is 0.911. The van der Waals surface area contributed by atoms with Crippen LogP contribution >= 0.6 is 0 Å². The average molecular weight is 294 g/mol. The van der Waals surface area contributed by atoms with Crippen molar-refractivity contribution in [1.82, 2.24) is 9.78 Å². The zero-order valence-corrected chi connectivity index (χ0v) is 12.0. The van der Waals surface area contributed by atoms with Crippen LogP contribution in [0.4, 0.5) is 25.0 Å². The van der Waals surface area contributed by atoms with Crippen molar-refractivity contribution < 1.29 is 13.6 Å². The molecule has 5 nitrogen and oxygen atoms in total. The number of aryl methyl sites for hydroxylation is 2. The summed E-state index contributed by atoms with van der Waals surface area (Å²) in [4.78, 5) is 11.9. The van der Waals surface area contributed by atoms with E-state index in [1.54, 1.807) is 11.6 Å². The summed E-state index contributed by atoms with van der Waals surface area (Å²) >= 11 is 0. The Bertz CT molecular complexity index is 682. The van der Waals surface area contributed by atoms with Gasteiger partial charge < -0.3 is 10.6 Å². The molecule has 1 aromatic carbocycles. The van der Waals surface area contributed by atoms with Gasteiger partial charge in [0.2, 0.25) is 0 Å². The van der Waals surface area contributed by atoms with E-state index in [0.29, 0.717) is 24.0 Å². The highest BCUT2D eigenvalue weighted by Gasteiger charge is 2.14. The van der Waals surface area contributed by atoms with Crippen molar-refractivity contribution in [2.24, 2.45) is 0 Å². The fourth-order valence-electron chi connectivity index (χ4n) is 2.04. The number of hydrogen-bond donors (Lipinski definition) is 2. The zero-order valence-electron chi connectivity index (χ0n) is 12.0. The third-order valence-electron chi connectivity index (χ3n) is 3.10. The van der Waals surface area contributed by atoms with Crippen molar-refractivity contribution in [3.63, 3.8) is 0 Å². The summed E-state index contributed by atoms with van der Waals surface area (Å²) in [5, 5.41) is 9.24. The predicted molar refractivity (Wildman–Crippen MR) is 76.4 cm³/mol. The van der Waals surface area contributed by atoms with E-state index >= 15 is 0 Å². The van der Waals surface area contributed by atoms with E-state index in [-0.39, 0.29) is 5.69 Å². The van der Waals surface area contributed by atoms with Gasteiger partial charge in [0.25, 0.3) is 0 Å². The fourth-order valence-corrected chi connectivity index (χ4v) is 2.04. The van der Waals surface area contributed by atoms with Crippen molar-refractivity contribution in [3.8, 4) is 0 Å². The van der Waals surface area contributed by atoms with Crippen LogP contribution in [-0.2, 0) is 6.54 Å². The first kappa shape index (κ1) is 15.0. The molecule has 112 valence electrons. The number of carbonyl (C=O) groups is 1. The third kappa shape index (κ3) is 3.18. The number of anilines is 2. The van der Waals surface area contributed by atoms with E-state index in [2.05, 4.69) is 15.7 Å². The minimum absolute atomic E-state index is 0.0907. The van der Waals surface area contributed by atoms with Gasteiger partial charge in [0.1, 0.15) is 11.6 Å². The summed E-state index contributed by atoms with van der Waals surface area (Å²) < 4.78 is 28.0. The van der Waals surface area contributed by atoms with Crippen LogP contribution in [0, 0.1) is 25.5 Å². The largest absolute Gasteiger partial charge is 0.323 e. The number of aromatic nitrogens is 2. The van der Waals surface area contributed by atoms with Crippen molar-refractivity contribution in [2.75, 3.05) is 10.6 Å². The van der Waals surface area contributed by atoms with Crippen molar-refractivity contribution in [3.05, 3.63) is 41.2 Å². The average Bonchev–Trinajstić information content (AvgIpc) is 2.69. The van der Waals surface area contributed by atoms with Gasteiger partial charge in [0.15, 0.2) is 0 Å². The lowest BCUT2D eigenvalue weighted by Gasteiger charge is -2.09. The Morgan fingerprint density at radius 1 is 1.29 bits per heavy atom. The lowest BCUT2D eigenvalue weighted by molar-refractivity contribution is 0.262. The standard InChI is InChI=1S/C14H16F2N4O/c1-4-20-9(3)13(8(2)19-20)18-14(21)17-12-6-5-10(15)7-11(12)16/h5-7H,4H2,1-3H3,(H2,17,18,21). The molecule has 0 unspecified atom stereocenters. The normalized spacial score (nSPS) is 10.5. The molecular formula is C14H16F2N4O. The Labute approximate surface area is 121 Å². The van der Waals surface area contributed by atoms with E-state index in [1.165, 1.54) is 6.07 Å². The van der Waals surface area contributed by atoms with Crippen LogP contribution in [0.5, 0.6) is 0 Å². The highest BCUT2D eigenvalue weighted by Crippen LogP contribution is 2.20. The van der Waals surface area contributed by atoms with Gasteiger partial charge in [0, 0.05) is 12.6 Å². The molecule has 0 saturated heterocycles. The summed E-state index contributed by atoms with van der Waals surface area (Å²) in [5.74, 6) is -1.53. The fraction of sp³-hybridized carbons (Fsp3) is 0.286. The maximum Gasteiger partial charge on any atom is 0.323 e. The maximum absolute atomic E-state index is 13.5. The van der Waals surface area contributed by atoms with Gasteiger partial charge in [-0.05, 0) is 32.9 Å². The first-order valence-corrected chi connectivity index (χ1v) is 6.49. The number of urea groups is 1. The van der Waals surface area contributed by atoms with E-state index in [9.17, 15) is 13.6 Å². The number of carbonyl (C=O) groups excluding carboxylic acids is 1. The lowest BCUT2D eigenvalue weighted by Crippen LogP contribution is -2.21. The van der Waals surface area contributed by atoms with Gasteiger partial charge in [-0.15, -0.1) is 0 Å². The molecule has 0 bridgehead atoms. The van der Waals surface area contributed by atoms with Crippen molar-refractivity contribution >= 4 is 17.4 Å². The number of rotatable bonds is 3. The van der Waals surface area contributed by atoms with Crippen LogP contribution in [0.25, 0.3) is 0 Å². The highest BCUT2D eigenvalue weighted by atomic mass is 19.1. The smallest absolute Gasteiger partial charge is 0.305 e. The maximum atomic E-state index is 13.5. The van der Waals surface area contributed by atoms with Gasteiger partial charge in [-0.3, -0.25) is 4.68 Å². The summed E-state index contributed by atoms with van der Waals surface area (Å²) in [7, 11) is 0. The number of hydrogen-bond acceptors (Lipinski definition) is 2. The van der Waals surface area contributed by atoms with Crippen molar-refractivity contribution in [2.45, 2.75) is 27.3 Å². The number of amides is 2. The van der Waals surface area contributed by atoms with Crippen LogP contribution in [0.1, 0.15) is 18.3 Å². The van der Waals surface area contributed by atoms with Gasteiger partial charge in [-0.2, -0.15) is 5.10 Å². The van der Waals surface area contributed by atoms with E-state index in [4.69, 9.17) is 0 Å². The molecule has 0 radical (unpaired) electrons. The minimum Gasteiger partial charge on any atom is -0.305 e. The second-order valence-corrected chi connectivity index (χ2v) is 4.56. The molecule has 0 spiro atoms. The molecule has 21 heavy (non-hydrogen) atoms. The molecule has 1 aromatic heterocycles. The Morgan fingerprint density at radius 2 is 2.00 bits per heavy atom. The summed E-state index contributed by atoms with van der Waals surface area (Å²) in [6, 6.07) is 2.34. The predicted octanol–water partition coefficient (Wildman–Crippen LogP) is 3.44. The van der Waals surface area contributed by atoms with Crippen LogP contribution in [-0.4, -0.2) is 15.8 Å². The summed E-state index contributed by atoms with van der Waals surface area (Å²) in [6.45, 7) is 6.23. The molecule has 7 heteroatoms. The summed E-state index contributed by atoms with van der Waals surface area (Å²) in [6.07, 6.45) is 0. The number of nitrogens with one attached hydrogen (secondary N) is 2. The number of benzene rings is 1. The van der Waals surface area contributed by atoms with Gasteiger partial charge >= 0.3 is 6.03 Å². The van der Waals surface area contributed by atoms with Crippen molar-refractivity contribution in [1.29, 1.82) is 0 Å². The molecule has 0 aliphatic rings. The van der Waals surface area contributed by atoms with E-state index in [1.807, 2.05) is 13.8 Å². The van der Waals surface area contributed by atoms with E-state index in [0.717, 1.165) is 11.8 Å². The minimum atomic E-state index is -0.831. The second kappa shape index (κ2) is 5.90. The lowest BCUT2D eigenvalue weighted by atomic mass is 10.3. The summed E-state index contributed by atoms with van der Waals surface area (Å²) in [5.41, 5.74) is 1.97. The molecule has 2 N–H and O–H groups in total. The Kier molecular flexibility index (Phi) is 4.21. The molecule has 2 aromatic rings. The van der Waals surface area contributed by atoms with Crippen LogP contribution in [0.2, 0.25) is 0 Å². The monoisotopic (exact) mass is 294 g/mol. The highest BCUT2D eigenvalue weighted by molar-refractivity contribution is 6.00. The molecule has 0 saturated carbocycles. The molecule has 0 aliphatic carbocycles. The third-order valence-corrected chi connectivity index (χ3v) is 3.10. The molecule has 2 rings (SSSR count). The van der Waals surface area contributed by atoms with Gasteiger partial charge in [0.05, 0.1) is 22.8 Å². The van der Waals surface area contributed by atoms with Gasteiger partial charge in [-0.25, -0.2) is 13.6 Å². The molecule has 0 aliphatic heterocycles. The van der Waals surface area contributed by atoms with Crippen LogP contribution in [0.15, 0.2) is 18.2 Å². The van der Waals surface area contributed by atoms with E-state index < -0.39 is 17.7 Å². The first-order valence-electron chi connectivity index (χ1n) is 6.49. The molecule has 1 heterocycles. The van der Waals surface area contributed by atoms with Gasteiger partial charge in [-0.1, -0.05) is 0 Å². The Hall–Kier alpha value is -2.44. The number of nitrogens with zero attached hydrogens (tertiary/aromatic N) is 2. The molecule has 2 amide bonds. The SMILES string of the molecule is CCn1nc(C)c(NC(=O)Nc2ccc(F)cc2F)c1C. The molecule has 0 atom stereocenters. The topological polar surface area (TPSA) is 59.0 Å². The Balaban J connectivity index is 2.13. The van der Waals surface area contributed by atoms with Crippen LogP contribution < -0.4 is 10.6 Å². The number of halogens is 2. The Morgan fingerprint density at radius 3 is 2.57 bits per heavy atom. The van der Waals surface area contributed by atoms with Crippen LogP contribution in [0.3, 0.4) is 0 Å².